The van der Waals surface area contributed by atoms with Crippen molar-refractivity contribution in [3.05, 3.63) is 51.4 Å². The Morgan fingerprint density at radius 1 is 1.30 bits per heavy atom. The van der Waals surface area contributed by atoms with Gasteiger partial charge in [-0.3, -0.25) is 9.69 Å². The summed E-state index contributed by atoms with van der Waals surface area (Å²) in [5.74, 6) is -0.206. The second kappa shape index (κ2) is 7.58. The Kier molecular flexibility index (Phi) is 5.38. The number of aryl methyl sites for hydroxylation is 2. The van der Waals surface area contributed by atoms with Crippen LogP contribution in [0.5, 0.6) is 0 Å². The zero-order valence-electron chi connectivity index (χ0n) is 15.6. The molecule has 8 heteroatoms. The van der Waals surface area contributed by atoms with Gasteiger partial charge in [0, 0.05) is 16.5 Å². The minimum atomic E-state index is -0.354. The van der Waals surface area contributed by atoms with Crippen molar-refractivity contribution in [3.8, 4) is 11.3 Å². The molecule has 6 nitrogen and oxygen atoms in total. The molecular weight excluding hydrogens is 367 g/mol. The molecule has 2 aromatic heterocycles. The van der Waals surface area contributed by atoms with Crippen molar-refractivity contribution in [1.82, 2.24) is 10.1 Å². The van der Waals surface area contributed by atoms with Gasteiger partial charge in [-0.2, -0.15) is 0 Å². The third kappa shape index (κ3) is 3.63. The smallest absolute Gasteiger partial charge is 0.278 e. The molecule has 1 amide bonds. The van der Waals surface area contributed by atoms with E-state index in [9.17, 15) is 9.18 Å². The van der Waals surface area contributed by atoms with Crippen LogP contribution in [0.15, 0.2) is 28.8 Å². The molecule has 0 spiro atoms. The van der Waals surface area contributed by atoms with Crippen molar-refractivity contribution in [2.24, 2.45) is 5.73 Å². The Morgan fingerprint density at radius 2 is 1.96 bits per heavy atom. The van der Waals surface area contributed by atoms with Gasteiger partial charge >= 0.3 is 0 Å². The maximum absolute atomic E-state index is 13.3. The van der Waals surface area contributed by atoms with Gasteiger partial charge < -0.3 is 10.3 Å². The first-order chi connectivity index (χ1) is 12.8. The van der Waals surface area contributed by atoms with Crippen LogP contribution in [-0.4, -0.2) is 22.1 Å². The van der Waals surface area contributed by atoms with E-state index in [0.717, 1.165) is 9.88 Å². The average Bonchev–Trinajstić information content (AvgIpc) is 3.18. The van der Waals surface area contributed by atoms with E-state index < -0.39 is 0 Å². The summed E-state index contributed by atoms with van der Waals surface area (Å²) in [6.45, 7) is 7.61. The standard InChI is InChI=1S/C19H21FN4O2S/c1-10(2)24(19(25)16-11(3)27-12(4)22-16)18-15(9-21)26-23-17(18)13-5-7-14(20)8-6-13/h5-8,10H,9,21H2,1-4H3. The number of amides is 1. The van der Waals surface area contributed by atoms with Crippen molar-refractivity contribution in [3.63, 3.8) is 0 Å². The van der Waals surface area contributed by atoms with Crippen molar-refractivity contribution in [1.29, 1.82) is 0 Å². The van der Waals surface area contributed by atoms with Gasteiger partial charge in [0.15, 0.2) is 5.76 Å². The van der Waals surface area contributed by atoms with E-state index in [-0.39, 0.29) is 24.3 Å². The summed E-state index contributed by atoms with van der Waals surface area (Å²) in [6.07, 6.45) is 0. The van der Waals surface area contributed by atoms with Crippen LogP contribution >= 0.6 is 11.3 Å². The Labute approximate surface area is 160 Å². The van der Waals surface area contributed by atoms with E-state index in [1.807, 2.05) is 27.7 Å². The molecule has 2 N–H and O–H groups in total. The van der Waals surface area contributed by atoms with Crippen LogP contribution in [0.4, 0.5) is 10.1 Å². The Balaban J connectivity index is 2.15. The van der Waals surface area contributed by atoms with Gasteiger partial charge in [0.2, 0.25) is 0 Å². The lowest BCUT2D eigenvalue weighted by Gasteiger charge is -2.26. The molecule has 0 radical (unpaired) electrons. The number of thiazole rings is 1. The predicted molar refractivity (Wildman–Crippen MR) is 103 cm³/mol. The number of rotatable bonds is 5. The van der Waals surface area contributed by atoms with Crippen LogP contribution in [0.25, 0.3) is 11.3 Å². The number of hydrogen-bond acceptors (Lipinski definition) is 6. The van der Waals surface area contributed by atoms with E-state index >= 15 is 0 Å². The molecule has 0 saturated carbocycles. The molecule has 2 heterocycles. The summed E-state index contributed by atoms with van der Waals surface area (Å²) in [5.41, 5.74) is 7.81. The van der Waals surface area contributed by atoms with Gasteiger partial charge in [-0.1, -0.05) is 5.16 Å². The summed E-state index contributed by atoms with van der Waals surface area (Å²) < 4.78 is 18.7. The number of anilines is 1. The van der Waals surface area contributed by atoms with E-state index in [0.29, 0.717) is 28.4 Å². The molecule has 0 aliphatic carbocycles. The maximum atomic E-state index is 13.3. The number of aromatic nitrogens is 2. The number of benzene rings is 1. The lowest BCUT2D eigenvalue weighted by Crippen LogP contribution is -2.38. The fraction of sp³-hybridized carbons (Fsp3) is 0.316. The van der Waals surface area contributed by atoms with E-state index in [2.05, 4.69) is 10.1 Å². The van der Waals surface area contributed by atoms with Crippen molar-refractivity contribution in [2.45, 2.75) is 40.3 Å². The second-order valence-electron chi connectivity index (χ2n) is 6.42. The number of halogens is 1. The van der Waals surface area contributed by atoms with Crippen LogP contribution in [0.1, 0.15) is 40.0 Å². The fourth-order valence-corrected chi connectivity index (χ4v) is 3.74. The van der Waals surface area contributed by atoms with Gasteiger partial charge in [-0.05, 0) is 52.0 Å². The highest BCUT2D eigenvalue weighted by Gasteiger charge is 2.31. The predicted octanol–water partition coefficient (Wildman–Crippen LogP) is 4.07. The minimum absolute atomic E-state index is 0.0785. The molecule has 27 heavy (non-hydrogen) atoms. The highest BCUT2D eigenvalue weighted by Crippen LogP contribution is 2.36. The molecule has 0 aliphatic heterocycles. The molecule has 142 valence electrons. The van der Waals surface area contributed by atoms with Gasteiger partial charge in [0.25, 0.3) is 5.91 Å². The van der Waals surface area contributed by atoms with E-state index in [4.69, 9.17) is 10.3 Å². The van der Waals surface area contributed by atoms with Gasteiger partial charge in [-0.15, -0.1) is 11.3 Å². The Morgan fingerprint density at radius 3 is 2.48 bits per heavy atom. The normalized spacial score (nSPS) is 11.2. The molecule has 3 aromatic rings. The Hall–Kier alpha value is -2.58. The fourth-order valence-electron chi connectivity index (χ4n) is 2.93. The molecule has 0 aliphatic rings. The van der Waals surface area contributed by atoms with Crippen LogP contribution in [0, 0.1) is 19.7 Å². The first kappa shape index (κ1) is 19.2. The van der Waals surface area contributed by atoms with Gasteiger partial charge in [-0.25, -0.2) is 9.37 Å². The SMILES string of the molecule is Cc1nc(C(=O)N(c2c(-c3ccc(F)cc3)noc2CN)C(C)C)c(C)s1. The quantitative estimate of drug-likeness (QED) is 0.712. The van der Waals surface area contributed by atoms with Crippen LogP contribution in [0.2, 0.25) is 0 Å². The summed E-state index contributed by atoms with van der Waals surface area (Å²) in [6, 6.07) is 5.68. The van der Waals surface area contributed by atoms with Crippen molar-refractivity contribution in [2.75, 3.05) is 4.90 Å². The largest absolute Gasteiger partial charge is 0.357 e. The molecular formula is C19H21FN4O2S. The third-order valence-corrected chi connectivity index (χ3v) is 5.01. The van der Waals surface area contributed by atoms with Crippen LogP contribution < -0.4 is 10.6 Å². The Bertz CT molecular complexity index is 963. The first-order valence-corrected chi connectivity index (χ1v) is 9.37. The summed E-state index contributed by atoms with van der Waals surface area (Å²) >= 11 is 1.47. The van der Waals surface area contributed by atoms with Crippen LogP contribution in [-0.2, 0) is 6.54 Å². The van der Waals surface area contributed by atoms with E-state index in [1.165, 1.54) is 23.5 Å². The van der Waals surface area contributed by atoms with E-state index in [1.54, 1.807) is 17.0 Å². The zero-order valence-corrected chi connectivity index (χ0v) is 16.4. The number of nitrogens with two attached hydrogens (primary N) is 1. The highest BCUT2D eigenvalue weighted by atomic mass is 32.1. The summed E-state index contributed by atoms with van der Waals surface area (Å²) in [4.78, 5) is 20.2. The first-order valence-electron chi connectivity index (χ1n) is 8.55. The number of hydrogen-bond donors (Lipinski definition) is 1. The highest BCUT2D eigenvalue weighted by molar-refractivity contribution is 7.11. The lowest BCUT2D eigenvalue weighted by atomic mass is 10.1. The number of carbonyl (C=O) groups excluding carboxylic acids is 1. The second-order valence-corrected chi connectivity index (χ2v) is 7.83. The monoisotopic (exact) mass is 388 g/mol. The van der Waals surface area contributed by atoms with Crippen molar-refractivity contribution >= 4 is 22.9 Å². The lowest BCUT2D eigenvalue weighted by molar-refractivity contribution is 0.0975. The number of nitrogens with zero attached hydrogens (tertiary/aromatic N) is 3. The zero-order chi connectivity index (χ0) is 19.7. The van der Waals surface area contributed by atoms with Gasteiger partial charge in [0.05, 0.1) is 11.6 Å². The summed E-state index contributed by atoms with van der Waals surface area (Å²) in [7, 11) is 0. The molecule has 0 fully saturated rings. The maximum Gasteiger partial charge on any atom is 0.278 e. The topological polar surface area (TPSA) is 85.2 Å². The van der Waals surface area contributed by atoms with Crippen LogP contribution in [0.3, 0.4) is 0 Å². The minimum Gasteiger partial charge on any atom is -0.357 e. The molecule has 0 bridgehead atoms. The average molecular weight is 388 g/mol. The molecule has 0 unspecified atom stereocenters. The van der Waals surface area contributed by atoms with Gasteiger partial charge in [0.1, 0.15) is 22.9 Å². The third-order valence-electron chi connectivity index (χ3n) is 4.12. The molecule has 0 saturated heterocycles. The molecule has 1 aromatic carbocycles. The van der Waals surface area contributed by atoms with Crippen molar-refractivity contribution < 1.29 is 13.7 Å². The molecule has 0 atom stereocenters. The molecule has 3 rings (SSSR count). The summed E-state index contributed by atoms with van der Waals surface area (Å²) in [5, 5.41) is 4.93. The number of carbonyl (C=O) groups is 1.